The Labute approximate surface area is 148 Å². The Kier molecular flexibility index (Phi) is 4.32. The Hall–Kier alpha value is -2.53. The summed E-state index contributed by atoms with van der Waals surface area (Å²) in [7, 11) is 1.94. The minimum absolute atomic E-state index is 0.0927. The molecule has 0 radical (unpaired) electrons. The van der Waals surface area contributed by atoms with Crippen LogP contribution in [-0.4, -0.2) is 31.5 Å². The van der Waals surface area contributed by atoms with Crippen molar-refractivity contribution in [2.24, 2.45) is 4.99 Å². The first-order valence-electron chi connectivity index (χ1n) is 8.97. The van der Waals surface area contributed by atoms with E-state index in [2.05, 4.69) is 63.7 Å². The van der Waals surface area contributed by atoms with E-state index < -0.39 is 0 Å². The topological polar surface area (TPSA) is 60.5 Å². The number of nitrogens with zero attached hydrogens (tertiary/aromatic N) is 1. The van der Waals surface area contributed by atoms with Gasteiger partial charge in [-0.3, -0.25) is 0 Å². The van der Waals surface area contributed by atoms with Gasteiger partial charge in [-0.2, -0.15) is 0 Å². The number of hydrogen-bond acceptors (Lipinski definition) is 5. The van der Waals surface area contributed by atoms with Crippen molar-refractivity contribution in [1.82, 2.24) is 10.6 Å². The van der Waals surface area contributed by atoms with Gasteiger partial charge in [0.2, 0.25) is 0 Å². The highest BCUT2D eigenvalue weighted by atomic mass is 15.2. The first-order valence-corrected chi connectivity index (χ1v) is 8.97. The van der Waals surface area contributed by atoms with E-state index in [9.17, 15) is 0 Å². The van der Waals surface area contributed by atoms with Gasteiger partial charge in [-0.25, -0.2) is 4.99 Å². The van der Waals surface area contributed by atoms with Crippen LogP contribution in [-0.2, 0) is 6.54 Å². The van der Waals surface area contributed by atoms with Crippen molar-refractivity contribution < 1.29 is 0 Å². The Balaban J connectivity index is 1.58. The molecule has 1 fully saturated rings. The molecule has 0 amide bonds. The van der Waals surface area contributed by atoms with Crippen LogP contribution in [0.25, 0.3) is 0 Å². The molecule has 4 rings (SSSR count). The first-order chi connectivity index (χ1) is 12.3. The molecule has 0 atom stereocenters. The summed E-state index contributed by atoms with van der Waals surface area (Å²) in [4.78, 5) is 4.97. The van der Waals surface area contributed by atoms with E-state index in [1.54, 1.807) is 0 Å². The molecule has 4 N–H and O–H groups in total. The van der Waals surface area contributed by atoms with Crippen LogP contribution in [0.4, 0.5) is 17.1 Å². The van der Waals surface area contributed by atoms with Gasteiger partial charge in [-0.05, 0) is 55.8 Å². The Morgan fingerprint density at radius 1 is 1.04 bits per heavy atom. The van der Waals surface area contributed by atoms with Crippen LogP contribution < -0.4 is 21.3 Å². The lowest BCUT2D eigenvalue weighted by Gasteiger charge is -2.43. The summed E-state index contributed by atoms with van der Waals surface area (Å²) in [6.07, 6.45) is 2.07. The van der Waals surface area contributed by atoms with Crippen LogP contribution >= 0.6 is 0 Å². The number of benzene rings is 2. The predicted molar refractivity (Wildman–Crippen MR) is 105 cm³/mol. The molecular weight excluding hydrogens is 310 g/mol. The number of piperidine rings is 1. The van der Waals surface area contributed by atoms with Crippen LogP contribution in [0.5, 0.6) is 0 Å². The molecule has 0 aliphatic carbocycles. The molecule has 2 aromatic carbocycles. The second kappa shape index (κ2) is 6.76. The number of nitrogens with one attached hydrogen (secondary N) is 4. The molecule has 5 heteroatoms. The third kappa shape index (κ3) is 3.20. The molecule has 1 saturated heterocycles. The van der Waals surface area contributed by atoms with Crippen LogP contribution in [0.2, 0.25) is 0 Å². The maximum absolute atomic E-state index is 4.97. The maximum atomic E-state index is 4.97. The van der Waals surface area contributed by atoms with Crippen molar-refractivity contribution in [3.05, 3.63) is 54.1 Å². The first kappa shape index (κ1) is 16.0. The summed E-state index contributed by atoms with van der Waals surface area (Å²) in [5, 5.41) is 14.0. The Morgan fingerprint density at radius 3 is 2.56 bits per heavy atom. The number of anilines is 2. The number of hydrogen-bond donors (Lipinski definition) is 4. The van der Waals surface area contributed by atoms with E-state index >= 15 is 0 Å². The van der Waals surface area contributed by atoms with Gasteiger partial charge in [0.1, 0.15) is 5.84 Å². The van der Waals surface area contributed by atoms with E-state index in [0.29, 0.717) is 0 Å². The predicted octanol–water partition coefficient (Wildman–Crippen LogP) is 3.10. The molecule has 2 heterocycles. The summed E-state index contributed by atoms with van der Waals surface area (Å²) in [5.74, 6) is 1.06. The van der Waals surface area contributed by atoms with Gasteiger partial charge in [0.15, 0.2) is 0 Å². The minimum Gasteiger partial charge on any atom is -0.388 e. The van der Waals surface area contributed by atoms with Crippen molar-refractivity contribution in [3.8, 4) is 0 Å². The van der Waals surface area contributed by atoms with E-state index in [1.165, 1.54) is 5.56 Å². The van der Waals surface area contributed by atoms with E-state index in [0.717, 1.165) is 55.4 Å². The molecule has 5 nitrogen and oxygen atoms in total. The van der Waals surface area contributed by atoms with Gasteiger partial charge in [0.25, 0.3) is 0 Å². The molecule has 2 aliphatic heterocycles. The number of aliphatic imine (C=N–C) groups is 1. The minimum atomic E-state index is -0.0927. The Morgan fingerprint density at radius 2 is 1.80 bits per heavy atom. The number of para-hydroxylation sites is 2. The quantitative estimate of drug-likeness (QED) is 0.696. The molecule has 2 aromatic rings. The zero-order valence-corrected chi connectivity index (χ0v) is 14.6. The van der Waals surface area contributed by atoms with Crippen molar-refractivity contribution in [2.75, 3.05) is 30.8 Å². The molecule has 0 saturated carbocycles. The van der Waals surface area contributed by atoms with Crippen LogP contribution in [0.15, 0.2) is 53.5 Å². The summed E-state index contributed by atoms with van der Waals surface area (Å²) in [6, 6.07) is 16.8. The van der Waals surface area contributed by atoms with Gasteiger partial charge in [0, 0.05) is 19.3 Å². The summed E-state index contributed by atoms with van der Waals surface area (Å²) in [6.45, 7) is 2.79. The SMILES string of the molecule is CNc1ccc(CNC2=Nc3ccccc3NC23CCNCC3)cc1. The van der Waals surface area contributed by atoms with E-state index in [4.69, 9.17) is 4.99 Å². The molecule has 2 aliphatic rings. The van der Waals surface area contributed by atoms with Crippen molar-refractivity contribution in [3.63, 3.8) is 0 Å². The third-order valence-electron chi connectivity index (χ3n) is 5.12. The monoisotopic (exact) mass is 335 g/mol. The zero-order valence-electron chi connectivity index (χ0n) is 14.6. The average molecular weight is 335 g/mol. The molecule has 25 heavy (non-hydrogen) atoms. The van der Waals surface area contributed by atoms with Crippen LogP contribution in [0, 0.1) is 0 Å². The highest BCUT2D eigenvalue weighted by molar-refractivity contribution is 6.00. The lowest BCUT2D eigenvalue weighted by Crippen LogP contribution is -2.58. The second-order valence-electron chi connectivity index (χ2n) is 6.74. The van der Waals surface area contributed by atoms with Gasteiger partial charge in [-0.1, -0.05) is 24.3 Å². The summed E-state index contributed by atoms with van der Waals surface area (Å²) in [5.41, 5.74) is 4.44. The molecule has 1 spiro atoms. The third-order valence-corrected chi connectivity index (χ3v) is 5.12. The zero-order chi connectivity index (χ0) is 17.1. The fraction of sp³-hybridized carbons (Fsp3) is 0.350. The van der Waals surface area contributed by atoms with Gasteiger partial charge in [-0.15, -0.1) is 0 Å². The normalized spacial score (nSPS) is 18.0. The molecule has 130 valence electrons. The van der Waals surface area contributed by atoms with Gasteiger partial charge < -0.3 is 21.3 Å². The van der Waals surface area contributed by atoms with Crippen LogP contribution in [0.3, 0.4) is 0 Å². The molecule has 0 unspecified atom stereocenters. The largest absolute Gasteiger partial charge is 0.388 e. The average Bonchev–Trinajstić information content (AvgIpc) is 2.67. The molecule has 0 bridgehead atoms. The standard InChI is InChI=1S/C20H25N5/c1-21-16-8-6-15(7-9-16)14-23-19-20(10-12-22-13-11-20)25-18-5-3-2-4-17(18)24-19/h2-9,21-22,25H,10-14H2,1H3,(H,23,24). The number of amidine groups is 1. The van der Waals surface area contributed by atoms with Crippen molar-refractivity contribution in [2.45, 2.75) is 24.9 Å². The Bertz CT molecular complexity index is 760. The van der Waals surface area contributed by atoms with Gasteiger partial charge >= 0.3 is 0 Å². The molecule has 0 aromatic heterocycles. The lowest BCUT2D eigenvalue weighted by atomic mass is 9.85. The number of fused-ring (bicyclic) bond motifs is 1. The lowest BCUT2D eigenvalue weighted by molar-refractivity contribution is 0.412. The van der Waals surface area contributed by atoms with E-state index in [-0.39, 0.29) is 5.54 Å². The van der Waals surface area contributed by atoms with Crippen molar-refractivity contribution in [1.29, 1.82) is 0 Å². The smallest absolute Gasteiger partial charge is 0.128 e. The summed E-state index contributed by atoms with van der Waals surface area (Å²) < 4.78 is 0. The number of rotatable bonds is 3. The van der Waals surface area contributed by atoms with E-state index in [1.807, 2.05) is 13.1 Å². The fourth-order valence-corrected chi connectivity index (χ4v) is 3.62. The fourth-order valence-electron chi connectivity index (χ4n) is 3.62. The highest BCUT2D eigenvalue weighted by Gasteiger charge is 2.40. The highest BCUT2D eigenvalue weighted by Crippen LogP contribution is 2.36. The summed E-state index contributed by atoms with van der Waals surface area (Å²) >= 11 is 0. The molecular formula is C20H25N5. The maximum Gasteiger partial charge on any atom is 0.128 e. The van der Waals surface area contributed by atoms with Crippen molar-refractivity contribution >= 4 is 22.9 Å². The van der Waals surface area contributed by atoms with Crippen LogP contribution in [0.1, 0.15) is 18.4 Å². The second-order valence-corrected chi connectivity index (χ2v) is 6.74. The van der Waals surface area contributed by atoms with Gasteiger partial charge in [0.05, 0.1) is 16.9 Å².